The summed E-state index contributed by atoms with van der Waals surface area (Å²) in [7, 11) is 1.99. The van der Waals surface area contributed by atoms with Gasteiger partial charge in [0.05, 0.1) is 11.4 Å². The molecule has 0 aromatic carbocycles. The summed E-state index contributed by atoms with van der Waals surface area (Å²) < 4.78 is 1.94. The Morgan fingerprint density at radius 3 is 2.67 bits per heavy atom. The van der Waals surface area contributed by atoms with Gasteiger partial charge < -0.3 is 5.32 Å². The Kier molecular flexibility index (Phi) is 4.80. The Morgan fingerprint density at radius 2 is 2.20 bits per heavy atom. The third-order valence-corrected chi connectivity index (χ3v) is 3.82. The highest BCUT2D eigenvalue weighted by molar-refractivity contribution is 9.09. The van der Waals surface area contributed by atoms with Crippen LogP contribution in [0.2, 0.25) is 0 Å². The minimum absolute atomic E-state index is 0.514. The fourth-order valence-corrected chi connectivity index (χ4v) is 1.99. The van der Waals surface area contributed by atoms with Crippen LogP contribution in [-0.4, -0.2) is 21.2 Å². The summed E-state index contributed by atoms with van der Waals surface area (Å²) in [5.74, 6) is 0.638. The van der Waals surface area contributed by atoms with Crippen molar-refractivity contribution < 1.29 is 0 Å². The lowest BCUT2D eigenvalue weighted by Gasteiger charge is -2.19. The molecule has 0 amide bonds. The van der Waals surface area contributed by atoms with E-state index in [1.54, 1.807) is 0 Å². The van der Waals surface area contributed by atoms with Gasteiger partial charge in [-0.05, 0) is 25.8 Å². The summed E-state index contributed by atoms with van der Waals surface area (Å²) >= 11 is 3.50. The highest BCUT2D eigenvalue weighted by Gasteiger charge is 2.10. The molecule has 86 valence electrons. The molecule has 0 fully saturated rings. The second-order valence-electron chi connectivity index (χ2n) is 4.20. The van der Waals surface area contributed by atoms with E-state index in [0.29, 0.717) is 12.0 Å². The second kappa shape index (κ2) is 5.66. The SMILES string of the molecule is Cc1cc(CNC(C)C(C)CBr)n(C)n1. The Morgan fingerprint density at radius 1 is 1.53 bits per heavy atom. The lowest BCUT2D eigenvalue weighted by molar-refractivity contribution is 0.426. The van der Waals surface area contributed by atoms with Gasteiger partial charge in [-0.15, -0.1) is 0 Å². The molecule has 1 aromatic heterocycles. The van der Waals surface area contributed by atoms with Gasteiger partial charge in [-0.3, -0.25) is 4.68 Å². The topological polar surface area (TPSA) is 29.9 Å². The monoisotopic (exact) mass is 273 g/mol. The van der Waals surface area contributed by atoms with E-state index in [1.807, 2.05) is 18.7 Å². The quantitative estimate of drug-likeness (QED) is 0.834. The van der Waals surface area contributed by atoms with Crippen LogP contribution < -0.4 is 5.32 Å². The van der Waals surface area contributed by atoms with E-state index in [0.717, 1.165) is 17.6 Å². The Bertz CT molecular complexity index is 309. The molecule has 3 nitrogen and oxygen atoms in total. The predicted molar refractivity (Wildman–Crippen MR) is 67.2 cm³/mol. The molecular formula is C11H20BrN3. The number of rotatable bonds is 5. The van der Waals surface area contributed by atoms with E-state index in [2.05, 4.69) is 46.3 Å². The van der Waals surface area contributed by atoms with E-state index in [4.69, 9.17) is 0 Å². The largest absolute Gasteiger partial charge is 0.308 e. The third kappa shape index (κ3) is 3.61. The van der Waals surface area contributed by atoms with E-state index < -0.39 is 0 Å². The van der Waals surface area contributed by atoms with E-state index in [-0.39, 0.29) is 0 Å². The number of hydrogen-bond donors (Lipinski definition) is 1. The Labute approximate surface area is 100 Å². The molecule has 4 heteroatoms. The van der Waals surface area contributed by atoms with Crippen LogP contribution in [-0.2, 0) is 13.6 Å². The number of hydrogen-bond acceptors (Lipinski definition) is 2. The van der Waals surface area contributed by atoms with Crippen LogP contribution in [0.3, 0.4) is 0 Å². The van der Waals surface area contributed by atoms with Gasteiger partial charge in [0.1, 0.15) is 0 Å². The van der Waals surface area contributed by atoms with Gasteiger partial charge in [-0.25, -0.2) is 0 Å². The van der Waals surface area contributed by atoms with Gasteiger partial charge >= 0.3 is 0 Å². The van der Waals surface area contributed by atoms with Gasteiger partial charge in [-0.1, -0.05) is 22.9 Å². The molecule has 0 radical (unpaired) electrons. The molecule has 2 unspecified atom stereocenters. The average molecular weight is 274 g/mol. The molecule has 1 N–H and O–H groups in total. The van der Waals surface area contributed by atoms with Crippen LogP contribution in [0.1, 0.15) is 25.2 Å². The Balaban J connectivity index is 2.46. The fourth-order valence-electron chi connectivity index (χ4n) is 1.43. The molecule has 0 spiro atoms. The van der Waals surface area contributed by atoms with Gasteiger partial charge in [0.15, 0.2) is 0 Å². The normalized spacial score (nSPS) is 15.3. The summed E-state index contributed by atoms with van der Waals surface area (Å²) in [5.41, 5.74) is 2.32. The predicted octanol–water partition coefficient (Wildman–Crippen LogP) is 2.24. The molecule has 0 aliphatic heterocycles. The first-order chi connectivity index (χ1) is 7.04. The maximum Gasteiger partial charge on any atom is 0.0597 e. The molecule has 0 aliphatic rings. The van der Waals surface area contributed by atoms with E-state index >= 15 is 0 Å². The van der Waals surface area contributed by atoms with Crippen LogP contribution >= 0.6 is 15.9 Å². The zero-order valence-corrected chi connectivity index (χ0v) is 11.5. The van der Waals surface area contributed by atoms with Crippen LogP contribution in [0, 0.1) is 12.8 Å². The summed E-state index contributed by atoms with van der Waals surface area (Å²) in [6.07, 6.45) is 0. The van der Waals surface area contributed by atoms with Crippen molar-refractivity contribution in [2.45, 2.75) is 33.4 Å². The van der Waals surface area contributed by atoms with Crippen molar-refractivity contribution in [2.75, 3.05) is 5.33 Å². The second-order valence-corrected chi connectivity index (χ2v) is 4.85. The van der Waals surface area contributed by atoms with Gasteiger partial charge in [-0.2, -0.15) is 5.10 Å². The van der Waals surface area contributed by atoms with E-state index in [9.17, 15) is 0 Å². The smallest absolute Gasteiger partial charge is 0.0597 e. The van der Waals surface area contributed by atoms with Crippen molar-refractivity contribution in [1.29, 1.82) is 0 Å². The molecule has 2 atom stereocenters. The number of aromatic nitrogens is 2. The zero-order chi connectivity index (χ0) is 11.4. The lowest BCUT2D eigenvalue weighted by Crippen LogP contribution is -2.32. The van der Waals surface area contributed by atoms with Gasteiger partial charge in [0, 0.05) is 25.0 Å². The van der Waals surface area contributed by atoms with Crippen molar-refractivity contribution in [3.63, 3.8) is 0 Å². The Hall–Kier alpha value is -0.350. The van der Waals surface area contributed by atoms with Crippen LogP contribution in [0.25, 0.3) is 0 Å². The third-order valence-electron chi connectivity index (χ3n) is 2.80. The minimum Gasteiger partial charge on any atom is -0.308 e. The number of nitrogens with zero attached hydrogens (tertiary/aromatic N) is 2. The summed E-state index contributed by atoms with van der Waals surface area (Å²) in [4.78, 5) is 0. The van der Waals surface area contributed by atoms with Crippen molar-refractivity contribution in [1.82, 2.24) is 15.1 Å². The van der Waals surface area contributed by atoms with E-state index in [1.165, 1.54) is 5.69 Å². The molecule has 1 aromatic rings. The van der Waals surface area contributed by atoms with Crippen molar-refractivity contribution in [2.24, 2.45) is 13.0 Å². The molecule has 0 aliphatic carbocycles. The van der Waals surface area contributed by atoms with Gasteiger partial charge in [0.25, 0.3) is 0 Å². The average Bonchev–Trinajstić information content (AvgIpc) is 2.52. The number of halogens is 1. The maximum atomic E-state index is 4.32. The first kappa shape index (κ1) is 12.7. The minimum atomic E-state index is 0.514. The highest BCUT2D eigenvalue weighted by Crippen LogP contribution is 2.07. The summed E-state index contributed by atoms with van der Waals surface area (Å²) in [6.45, 7) is 7.36. The molecule has 1 heterocycles. The first-order valence-electron chi connectivity index (χ1n) is 5.33. The van der Waals surface area contributed by atoms with Crippen molar-refractivity contribution >= 4 is 15.9 Å². The molecule has 0 saturated carbocycles. The standard InChI is InChI=1S/C11H20BrN3/c1-8(6-12)10(3)13-7-11-5-9(2)14-15(11)4/h5,8,10,13H,6-7H2,1-4H3. The van der Waals surface area contributed by atoms with Gasteiger partial charge in [0.2, 0.25) is 0 Å². The number of nitrogens with one attached hydrogen (secondary N) is 1. The van der Waals surface area contributed by atoms with Crippen LogP contribution in [0.15, 0.2) is 6.07 Å². The lowest BCUT2D eigenvalue weighted by atomic mass is 10.1. The van der Waals surface area contributed by atoms with Crippen LogP contribution in [0.4, 0.5) is 0 Å². The highest BCUT2D eigenvalue weighted by atomic mass is 79.9. The first-order valence-corrected chi connectivity index (χ1v) is 6.45. The number of aryl methyl sites for hydroxylation is 2. The number of alkyl halides is 1. The van der Waals surface area contributed by atoms with Crippen molar-refractivity contribution in [3.05, 3.63) is 17.5 Å². The van der Waals surface area contributed by atoms with Crippen molar-refractivity contribution in [3.8, 4) is 0 Å². The van der Waals surface area contributed by atoms with Crippen LogP contribution in [0.5, 0.6) is 0 Å². The summed E-state index contributed by atoms with van der Waals surface area (Å²) in [5, 5.41) is 8.87. The zero-order valence-electron chi connectivity index (χ0n) is 9.92. The molecule has 0 saturated heterocycles. The summed E-state index contributed by atoms with van der Waals surface area (Å²) in [6, 6.07) is 2.64. The maximum absolute atomic E-state index is 4.32. The molecular weight excluding hydrogens is 254 g/mol. The fraction of sp³-hybridized carbons (Fsp3) is 0.727. The molecule has 15 heavy (non-hydrogen) atoms. The molecule has 1 rings (SSSR count). The molecule has 0 bridgehead atoms.